The fourth-order valence-electron chi connectivity index (χ4n) is 13.0. The SMILES string of the molecule is CC[C@@]1(O)C(=O)OCc2c1cc1n(c2=O)Cc2c-1nc1ccc(OCc3ccc(NC(=O)[C@H](C)NC(=O)[C@@H](NC(=O)CNC(=O)CNC(=O)CCCC#Cc4cnc(S(C)(=O)=O)nc4)C(C)C)cc3CN(C)C(=O)CN3CCN(CC(=O)O)CCN(CC(=O)O)CCN(CC(=O)O)CC3)c3c1c2CCC3. The van der Waals surface area contributed by atoms with Crippen molar-refractivity contribution in [2.24, 2.45) is 5.92 Å². The Kier molecular flexibility index (Phi) is 26.3. The number of amides is 6. The summed E-state index contributed by atoms with van der Waals surface area (Å²) in [6.45, 7) is 5.52. The maximum atomic E-state index is 14.6. The Labute approximate surface area is 605 Å². The first-order valence-electron chi connectivity index (χ1n) is 34.5. The van der Waals surface area contributed by atoms with E-state index in [4.69, 9.17) is 14.5 Å². The molecule has 0 radical (unpaired) electrons. The predicted octanol–water partition coefficient (Wildman–Crippen LogP) is -0.187. The van der Waals surface area contributed by atoms with Crippen molar-refractivity contribution in [1.82, 2.24) is 65.3 Å². The number of benzene rings is 2. The minimum atomic E-state index is -3.57. The average Bonchev–Trinajstić information content (AvgIpc) is 1.57. The number of rotatable bonds is 28. The number of likely N-dealkylation sites (N-methyl/N-ethyl adjacent to an activating group) is 1. The minimum Gasteiger partial charge on any atom is -0.489 e. The van der Waals surface area contributed by atoms with E-state index in [1.54, 1.807) is 71.4 Å². The van der Waals surface area contributed by atoms with Gasteiger partial charge in [0.15, 0.2) is 5.60 Å². The first kappa shape index (κ1) is 78.8. The number of hydrogen-bond donors (Lipinski definition) is 9. The molecule has 9 rings (SSSR count). The maximum Gasteiger partial charge on any atom is 0.343 e. The fraction of sp³-hybridized carbons (Fsp3) is 0.493. The van der Waals surface area contributed by atoms with Crippen LogP contribution in [0.3, 0.4) is 0 Å². The zero-order chi connectivity index (χ0) is 76.0. The van der Waals surface area contributed by atoms with Crippen molar-refractivity contribution >= 4 is 85.7 Å². The van der Waals surface area contributed by atoms with E-state index in [0.29, 0.717) is 65.0 Å². The monoisotopic (exact) mass is 1470 g/mol. The Balaban J connectivity index is 0.880. The molecule has 3 aliphatic heterocycles. The Bertz CT molecular complexity index is 4410. The first-order chi connectivity index (χ1) is 49.9. The summed E-state index contributed by atoms with van der Waals surface area (Å²) < 4.78 is 36.8. The number of cyclic esters (lactones) is 1. The number of aromatic nitrogens is 4. The molecule has 0 bridgehead atoms. The Morgan fingerprint density at radius 1 is 0.733 bits per heavy atom. The summed E-state index contributed by atoms with van der Waals surface area (Å²) in [5, 5.41) is 54.3. The van der Waals surface area contributed by atoms with E-state index in [-0.39, 0.29) is 151 Å². The highest BCUT2D eigenvalue weighted by atomic mass is 32.2. The van der Waals surface area contributed by atoms with Crippen LogP contribution in [0.15, 0.2) is 58.7 Å². The molecule has 105 heavy (non-hydrogen) atoms. The predicted molar refractivity (Wildman–Crippen MR) is 377 cm³/mol. The van der Waals surface area contributed by atoms with Crippen molar-refractivity contribution in [1.29, 1.82) is 0 Å². The highest BCUT2D eigenvalue weighted by Gasteiger charge is 2.46. The standard InChI is InChI=1S/C71H88N14O19S/c1-7-71(100)52-29-54-65-50(35-85(54)68(98)51(52)41-104-69(71)99)48-13-11-14-49-55(19-18-53(78-65)63(48)49)103-40-45-16-17-47(28-46(45)34-80(5)59(89)36-81-20-22-82(37-60(90)91)24-26-84(39-62(94)95)27-25-83(23-21-81)38-61(92)93)77-66(96)43(4)76-67(97)64(42(2)3)79-58(88)33-73-57(87)32-72-56(86)15-10-8-9-12-44-30-74-70(75-31-44)105(6,101)102/h16-19,28-31,42-43,64,100H,7-8,10-11,13-15,20-27,32-41H2,1-6H3,(H,72,86)(H,73,87)(H,76,97)(H,77,96)(H,79,88)(H,90,91)(H,92,93)(H,94,95)/t43-,64-,71-/m0/s1. The van der Waals surface area contributed by atoms with E-state index in [9.17, 15) is 81.6 Å². The van der Waals surface area contributed by atoms with Crippen LogP contribution in [0.1, 0.15) is 104 Å². The fourth-order valence-corrected chi connectivity index (χ4v) is 13.5. The van der Waals surface area contributed by atoms with Gasteiger partial charge < -0.3 is 66.0 Å². The molecule has 2 aromatic carbocycles. The van der Waals surface area contributed by atoms with Crippen molar-refractivity contribution in [3.05, 3.63) is 104 Å². The van der Waals surface area contributed by atoms with Gasteiger partial charge in [-0.05, 0) is 92.0 Å². The number of carboxylic acids is 3. The van der Waals surface area contributed by atoms with Crippen LogP contribution >= 0.6 is 0 Å². The normalized spacial score (nSPS) is 17.0. The number of nitrogens with zero attached hydrogens (tertiary/aromatic N) is 9. The first-order valence-corrected chi connectivity index (χ1v) is 36.4. The van der Waals surface area contributed by atoms with Crippen molar-refractivity contribution < 1.29 is 86.3 Å². The minimum absolute atomic E-state index is 0.00498. The molecule has 33 nitrogen and oxygen atoms in total. The number of aryl methyl sites for hydroxylation is 2. The average molecular weight is 1470 g/mol. The Hall–Kier alpha value is -10.3. The molecule has 562 valence electrons. The number of carbonyl (C=O) groups excluding carboxylic acids is 7. The van der Waals surface area contributed by atoms with Gasteiger partial charge >= 0.3 is 23.9 Å². The van der Waals surface area contributed by atoms with Gasteiger partial charge in [-0.15, -0.1) is 0 Å². The number of unbranched alkanes of at least 4 members (excludes halogenated alkanes) is 1. The molecular formula is C71H88N14O19S. The van der Waals surface area contributed by atoms with Crippen molar-refractivity contribution in [2.75, 3.05) is 110 Å². The van der Waals surface area contributed by atoms with Gasteiger partial charge in [0, 0.05) is 125 Å². The van der Waals surface area contributed by atoms with Crippen LogP contribution in [0.2, 0.25) is 0 Å². The number of carboxylic acid groups (broad SMARTS) is 3. The van der Waals surface area contributed by atoms with Gasteiger partial charge in [0.25, 0.3) is 5.56 Å². The van der Waals surface area contributed by atoms with Crippen LogP contribution in [-0.4, -0.2) is 249 Å². The van der Waals surface area contributed by atoms with Crippen LogP contribution in [0, 0.1) is 17.8 Å². The molecule has 0 unspecified atom stereocenters. The van der Waals surface area contributed by atoms with E-state index in [0.717, 1.165) is 34.8 Å². The molecular weight excluding hydrogens is 1380 g/mol. The molecule has 9 N–H and O–H groups in total. The Morgan fingerprint density at radius 2 is 1.33 bits per heavy atom. The van der Waals surface area contributed by atoms with Crippen LogP contribution in [0.5, 0.6) is 5.75 Å². The summed E-state index contributed by atoms with van der Waals surface area (Å²) in [6, 6.07) is 8.02. The van der Waals surface area contributed by atoms with Gasteiger partial charge in [-0.1, -0.05) is 38.7 Å². The quantitative estimate of drug-likeness (QED) is 0.0133. The molecule has 3 aromatic heterocycles. The van der Waals surface area contributed by atoms with Crippen LogP contribution in [0.25, 0.3) is 22.3 Å². The Morgan fingerprint density at radius 3 is 1.93 bits per heavy atom. The third-order valence-electron chi connectivity index (χ3n) is 18.8. The number of carbonyl (C=O) groups is 10. The van der Waals surface area contributed by atoms with E-state index < -0.39 is 99.9 Å². The molecule has 0 spiro atoms. The number of pyridine rings is 2. The highest BCUT2D eigenvalue weighted by Crippen LogP contribution is 2.44. The van der Waals surface area contributed by atoms with Gasteiger partial charge in [-0.2, -0.15) is 0 Å². The summed E-state index contributed by atoms with van der Waals surface area (Å²) in [4.78, 5) is 164. The summed E-state index contributed by atoms with van der Waals surface area (Å²) >= 11 is 0. The number of aliphatic hydroxyl groups is 1. The van der Waals surface area contributed by atoms with Gasteiger partial charge in [-0.3, -0.25) is 67.5 Å². The second kappa shape index (κ2) is 35.0. The van der Waals surface area contributed by atoms with Gasteiger partial charge in [0.05, 0.1) is 73.8 Å². The van der Waals surface area contributed by atoms with Crippen LogP contribution < -0.4 is 36.9 Å². The van der Waals surface area contributed by atoms with E-state index in [2.05, 4.69) is 48.4 Å². The molecule has 4 aliphatic rings. The number of anilines is 1. The smallest absolute Gasteiger partial charge is 0.343 e. The molecule has 1 saturated heterocycles. The lowest BCUT2D eigenvalue weighted by Gasteiger charge is -2.33. The topological polar surface area (TPSA) is 441 Å². The molecule has 1 aliphatic carbocycles. The molecule has 3 atom stereocenters. The summed E-state index contributed by atoms with van der Waals surface area (Å²) in [5.74, 6) is -2.04. The maximum absolute atomic E-state index is 14.6. The number of ether oxygens (including phenoxy) is 2. The lowest BCUT2D eigenvalue weighted by Crippen LogP contribution is -2.55. The number of esters is 1. The second-order valence-electron chi connectivity index (χ2n) is 26.9. The van der Waals surface area contributed by atoms with Crippen LogP contribution in [0.4, 0.5) is 5.69 Å². The summed E-state index contributed by atoms with van der Waals surface area (Å²) in [7, 11) is -1.98. The number of aliphatic carboxylic acids is 3. The highest BCUT2D eigenvalue weighted by molar-refractivity contribution is 7.90. The number of hydrogen-bond acceptors (Lipinski definition) is 23. The zero-order valence-electron chi connectivity index (χ0n) is 59.4. The number of fused-ring (bicyclic) bond motifs is 5. The molecule has 5 aromatic rings. The van der Waals surface area contributed by atoms with E-state index >= 15 is 0 Å². The van der Waals surface area contributed by atoms with E-state index in [1.165, 1.54) is 24.2 Å². The van der Waals surface area contributed by atoms with Crippen molar-refractivity contribution in [3.63, 3.8) is 0 Å². The molecule has 34 heteroatoms. The third-order valence-corrected chi connectivity index (χ3v) is 19.6. The zero-order valence-corrected chi connectivity index (χ0v) is 60.2. The van der Waals surface area contributed by atoms with Crippen LogP contribution in [-0.2, 0) is 107 Å². The largest absolute Gasteiger partial charge is 0.489 e. The van der Waals surface area contributed by atoms with Crippen molar-refractivity contribution in [3.8, 4) is 29.0 Å². The van der Waals surface area contributed by atoms with Gasteiger partial charge in [0.2, 0.25) is 50.4 Å². The summed E-state index contributed by atoms with van der Waals surface area (Å²) in [5.41, 5.74) is 4.31. The number of nitrogens with one attached hydrogen (secondary N) is 5. The summed E-state index contributed by atoms with van der Waals surface area (Å²) in [6.07, 6.45) is 6.23. The van der Waals surface area contributed by atoms with Gasteiger partial charge in [-0.25, -0.2) is 28.2 Å². The molecule has 0 saturated carbocycles. The molecule has 1 fully saturated rings. The third kappa shape index (κ3) is 20.4. The van der Waals surface area contributed by atoms with Crippen molar-refractivity contribution in [2.45, 2.75) is 122 Å². The van der Waals surface area contributed by atoms with Gasteiger partial charge in [0.1, 0.15) is 31.0 Å². The lowest BCUT2D eigenvalue weighted by molar-refractivity contribution is -0.172. The lowest BCUT2D eigenvalue weighted by atomic mass is 9.85. The van der Waals surface area contributed by atoms with E-state index in [1.807, 2.05) is 17.0 Å². The number of sulfone groups is 1. The molecule has 6 heterocycles. The second-order valence-corrected chi connectivity index (χ2v) is 28.8. The molecule has 6 amide bonds.